The predicted octanol–water partition coefficient (Wildman–Crippen LogP) is 1.59. The van der Waals surface area contributed by atoms with Gasteiger partial charge in [0, 0.05) is 25.8 Å². The van der Waals surface area contributed by atoms with Crippen molar-refractivity contribution in [3.05, 3.63) is 23.4 Å². The average molecular weight is 335 g/mol. The van der Waals surface area contributed by atoms with Crippen molar-refractivity contribution >= 4 is 11.9 Å². The van der Waals surface area contributed by atoms with Gasteiger partial charge in [-0.3, -0.25) is 4.79 Å². The van der Waals surface area contributed by atoms with Crippen LogP contribution in [0.3, 0.4) is 0 Å². The first-order valence-electron chi connectivity index (χ1n) is 8.05. The molecule has 1 aliphatic heterocycles. The van der Waals surface area contributed by atoms with Crippen molar-refractivity contribution in [1.82, 2.24) is 20.7 Å². The van der Waals surface area contributed by atoms with Gasteiger partial charge >= 0.3 is 6.01 Å². The maximum atomic E-state index is 13.8. The van der Waals surface area contributed by atoms with Gasteiger partial charge in [0.25, 0.3) is 5.91 Å². The maximum absolute atomic E-state index is 13.8. The van der Waals surface area contributed by atoms with Crippen molar-refractivity contribution in [3.63, 3.8) is 0 Å². The van der Waals surface area contributed by atoms with E-state index in [1.165, 1.54) is 6.26 Å². The van der Waals surface area contributed by atoms with E-state index in [2.05, 4.69) is 20.7 Å². The summed E-state index contributed by atoms with van der Waals surface area (Å²) in [6.07, 6.45) is 2.75. The lowest BCUT2D eigenvalue weighted by Gasteiger charge is -2.22. The van der Waals surface area contributed by atoms with Gasteiger partial charge in [0.05, 0.1) is 18.3 Å². The molecule has 2 aliphatic rings. The summed E-state index contributed by atoms with van der Waals surface area (Å²) in [5.74, 6) is 0.500. The largest absolute Gasteiger partial charge is 0.408 e. The van der Waals surface area contributed by atoms with Crippen LogP contribution in [0.15, 0.2) is 15.2 Å². The van der Waals surface area contributed by atoms with E-state index in [-0.39, 0.29) is 31.1 Å². The van der Waals surface area contributed by atoms with Gasteiger partial charge in [0.2, 0.25) is 5.89 Å². The molecule has 0 radical (unpaired) electrons. The molecule has 0 aromatic carbocycles. The summed E-state index contributed by atoms with van der Waals surface area (Å²) in [6, 6.07) is 0.0589. The molecule has 3 heterocycles. The monoisotopic (exact) mass is 335 g/mol. The van der Waals surface area contributed by atoms with Crippen molar-refractivity contribution in [3.8, 4) is 0 Å². The molecule has 1 N–H and O–H groups in total. The normalized spacial score (nSPS) is 23.7. The Bertz CT molecular complexity index is 741. The molecule has 24 heavy (non-hydrogen) atoms. The van der Waals surface area contributed by atoms with Crippen LogP contribution in [0.2, 0.25) is 0 Å². The Morgan fingerprint density at radius 3 is 3.00 bits per heavy atom. The molecule has 8 nitrogen and oxygen atoms in total. The first kappa shape index (κ1) is 15.1. The van der Waals surface area contributed by atoms with E-state index in [1.54, 1.807) is 11.8 Å². The van der Waals surface area contributed by atoms with Crippen LogP contribution < -0.4 is 10.2 Å². The third kappa shape index (κ3) is 2.85. The van der Waals surface area contributed by atoms with E-state index in [0.717, 1.165) is 12.8 Å². The lowest BCUT2D eigenvalue weighted by molar-refractivity contribution is 0.0949. The van der Waals surface area contributed by atoms with Gasteiger partial charge in [0.1, 0.15) is 18.0 Å². The zero-order valence-electron chi connectivity index (χ0n) is 13.2. The molecule has 9 heteroatoms. The maximum Gasteiger partial charge on any atom is 0.318 e. The molecule has 128 valence electrons. The number of carbonyl (C=O) groups excluding carboxylic acids is 1. The molecule has 0 bridgehead atoms. The lowest BCUT2D eigenvalue weighted by Crippen LogP contribution is -2.40. The zero-order valence-corrected chi connectivity index (χ0v) is 13.2. The van der Waals surface area contributed by atoms with Crippen LogP contribution in [-0.4, -0.2) is 46.6 Å². The van der Waals surface area contributed by atoms with E-state index in [1.807, 2.05) is 0 Å². The summed E-state index contributed by atoms with van der Waals surface area (Å²) >= 11 is 0. The molecular weight excluding hydrogens is 317 g/mol. The fourth-order valence-corrected chi connectivity index (χ4v) is 3.06. The smallest absolute Gasteiger partial charge is 0.318 e. The number of nitrogens with zero attached hydrogens (tertiary/aromatic N) is 4. The molecular formula is C15H18FN5O3. The topological polar surface area (TPSA) is 97.3 Å². The van der Waals surface area contributed by atoms with Crippen molar-refractivity contribution in [2.24, 2.45) is 0 Å². The molecule has 2 fully saturated rings. The second-order valence-electron chi connectivity index (χ2n) is 6.34. The fraction of sp³-hybridized carbons (Fsp3) is 0.600. The number of aryl methyl sites for hydroxylation is 1. The summed E-state index contributed by atoms with van der Waals surface area (Å²) in [4.78, 5) is 14.1. The Morgan fingerprint density at radius 2 is 2.29 bits per heavy atom. The minimum Gasteiger partial charge on any atom is -0.408 e. The average Bonchev–Trinajstić information content (AvgIpc) is 2.97. The van der Waals surface area contributed by atoms with E-state index >= 15 is 0 Å². The molecule has 4 rings (SSSR count). The van der Waals surface area contributed by atoms with Crippen molar-refractivity contribution in [1.29, 1.82) is 0 Å². The number of alkyl halides is 1. The Balaban J connectivity index is 1.42. The number of anilines is 1. The van der Waals surface area contributed by atoms with Crippen molar-refractivity contribution in [2.75, 3.05) is 18.0 Å². The lowest BCUT2D eigenvalue weighted by atomic mass is 10.1. The third-order valence-electron chi connectivity index (χ3n) is 4.43. The molecule has 2 aromatic heterocycles. The van der Waals surface area contributed by atoms with E-state index in [9.17, 15) is 9.18 Å². The minimum atomic E-state index is -0.989. The fourth-order valence-electron chi connectivity index (χ4n) is 3.06. The highest BCUT2D eigenvalue weighted by Gasteiger charge is 2.36. The summed E-state index contributed by atoms with van der Waals surface area (Å²) in [7, 11) is 0. The standard InChI is InChI=1S/C15H18FN5O3/c1-8-18-19-15(24-8)21-6-10(16)4-11(21)5-17-14(22)12-7-23-20-13(12)9-2-3-9/h7,9-11H,2-6H2,1H3,(H,17,22)/t10-,11-/m0/s1. The molecule has 0 unspecified atom stereocenters. The Labute approximate surface area is 137 Å². The number of carbonyl (C=O) groups is 1. The SMILES string of the molecule is Cc1nnc(N2C[C@@H](F)C[C@H]2CNC(=O)c2conc2C2CC2)o1. The highest BCUT2D eigenvalue weighted by molar-refractivity contribution is 5.95. The molecule has 2 aromatic rings. The number of nitrogens with one attached hydrogen (secondary N) is 1. The van der Waals surface area contributed by atoms with E-state index in [0.29, 0.717) is 29.5 Å². The van der Waals surface area contributed by atoms with Gasteiger partial charge in [-0.2, -0.15) is 0 Å². The molecule has 1 aliphatic carbocycles. The number of hydrogen-bond donors (Lipinski definition) is 1. The van der Waals surface area contributed by atoms with Crippen molar-refractivity contribution < 1.29 is 18.1 Å². The van der Waals surface area contributed by atoms with Gasteiger partial charge in [-0.15, -0.1) is 5.10 Å². The van der Waals surface area contributed by atoms with Gasteiger partial charge in [-0.05, 0) is 12.8 Å². The van der Waals surface area contributed by atoms with Crippen LogP contribution in [0.1, 0.15) is 47.1 Å². The van der Waals surface area contributed by atoms with E-state index in [4.69, 9.17) is 8.94 Å². The Kier molecular flexibility index (Phi) is 3.70. The number of halogens is 1. The number of hydrogen-bond acceptors (Lipinski definition) is 7. The first-order chi connectivity index (χ1) is 11.6. The van der Waals surface area contributed by atoms with Gasteiger partial charge in [0.15, 0.2) is 0 Å². The number of aromatic nitrogens is 3. The number of amides is 1. The summed E-state index contributed by atoms with van der Waals surface area (Å²) < 4.78 is 24.1. The summed E-state index contributed by atoms with van der Waals surface area (Å²) in [6.45, 7) is 2.15. The summed E-state index contributed by atoms with van der Waals surface area (Å²) in [5, 5.41) is 14.5. The van der Waals surface area contributed by atoms with Crippen LogP contribution >= 0.6 is 0 Å². The quantitative estimate of drug-likeness (QED) is 0.886. The molecule has 0 spiro atoms. The van der Waals surface area contributed by atoms with E-state index < -0.39 is 6.17 Å². The zero-order chi connectivity index (χ0) is 16.7. The second kappa shape index (κ2) is 5.88. The molecule has 2 atom stereocenters. The van der Waals surface area contributed by atoms with Gasteiger partial charge in [-0.25, -0.2) is 4.39 Å². The Morgan fingerprint density at radius 1 is 1.46 bits per heavy atom. The third-order valence-corrected chi connectivity index (χ3v) is 4.43. The highest BCUT2D eigenvalue weighted by atomic mass is 19.1. The molecule has 1 saturated carbocycles. The Hall–Kier alpha value is -2.45. The van der Waals surface area contributed by atoms with Crippen LogP contribution in [0.25, 0.3) is 0 Å². The minimum absolute atomic E-state index is 0.183. The van der Waals surface area contributed by atoms with Crippen LogP contribution in [0.4, 0.5) is 10.4 Å². The first-order valence-corrected chi connectivity index (χ1v) is 8.05. The van der Waals surface area contributed by atoms with Gasteiger partial charge in [-0.1, -0.05) is 10.3 Å². The molecule has 1 amide bonds. The number of rotatable bonds is 5. The summed E-state index contributed by atoms with van der Waals surface area (Å²) in [5.41, 5.74) is 1.18. The van der Waals surface area contributed by atoms with Crippen molar-refractivity contribution in [2.45, 2.75) is 44.3 Å². The predicted molar refractivity (Wildman–Crippen MR) is 80.5 cm³/mol. The van der Waals surface area contributed by atoms with Gasteiger partial charge < -0.3 is 19.2 Å². The highest BCUT2D eigenvalue weighted by Crippen LogP contribution is 2.40. The molecule has 1 saturated heterocycles. The second-order valence-corrected chi connectivity index (χ2v) is 6.34. The van der Waals surface area contributed by atoms with Crippen LogP contribution in [0.5, 0.6) is 0 Å². The van der Waals surface area contributed by atoms with Crippen LogP contribution in [0, 0.1) is 6.92 Å². The van der Waals surface area contributed by atoms with Crippen LogP contribution in [-0.2, 0) is 0 Å².